The highest BCUT2D eigenvalue weighted by molar-refractivity contribution is 5.01. The molecule has 0 atom stereocenters. The van der Waals surface area contributed by atoms with E-state index in [9.17, 15) is 0 Å². The van der Waals surface area contributed by atoms with Crippen molar-refractivity contribution < 1.29 is 13.3 Å². The second kappa shape index (κ2) is 7.09. The Bertz CT molecular complexity index is 600. The van der Waals surface area contributed by atoms with Gasteiger partial charge in [0.2, 0.25) is 0 Å². The summed E-state index contributed by atoms with van der Waals surface area (Å²) in [4.78, 5) is 7.07. The van der Waals surface area contributed by atoms with Gasteiger partial charge in [0.25, 0.3) is 0 Å². The van der Waals surface area contributed by atoms with Crippen LogP contribution in [0.1, 0.15) is 17.3 Å². The molecular weight excluding hydrogens is 306 g/mol. The molecule has 6 heteroatoms. The molecule has 4 heterocycles. The van der Waals surface area contributed by atoms with Crippen molar-refractivity contribution in [1.82, 2.24) is 14.7 Å². The van der Waals surface area contributed by atoms with Gasteiger partial charge in [0, 0.05) is 0 Å². The Balaban J connectivity index is 1.44. The van der Waals surface area contributed by atoms with Crippen LogP contribution in [0, 0.1) is 0 Å². The van der Waals surface area contributed by atoms with Gasteiger partial charge in [-0.05, 0) is 36.4 Å². The van der Waals surface area contributed by atoms with Crippen molar-refractivity contribution in [3.8, 4) is 0 Å². The van der Waals surface area contributed by atoms with Gasteiger partial charge >= 0.3 is 0 Å². The average Bonchev–Trinajstić information content (AvgIpc) is 3.30. The highest BCUT2D eigenvalue weighted by Crippen LogP contribution is 2.17. The van der Waals surface area contributed by atoms with Gasteiger partial charge in [-0.15, -0.1) is 0 Å². The van der Waals surface area contributed by atoms with E-state index in [1.54, 1.807) is 18.8 Å². The zero-order valence-electron chi connectivity index (χ0n) is 13.5. The zero-order chi connectivity index (χ0) is 16.2. The highest BCUT2D eigenvalue weighted by atomic mass is 16.3. The molecule has 0 radical (unpaired) electrons. The van der Waals surface area contributed by atoms with Crippen LogP contribution in [0.5, 0.6) is 0 Å². The molecule has 24 heavy (non-hydrogen) atoms. The fourth-order valence-electron chi connectivity index (χ4n) is 3.15. The SMILES string of the molecule is c1coc(CN2CN(Cc3ccco3)CN(Cc3ccco3)C2)c1. The summed E-state index contributed by atoms with van der Waals surface area (Å²) in [5.74, 6) is 2.94. The molecule has 0 spiro atoms. The lowest BCUT2D eigenvalue weighted by atomic mass is 10.3. The molecule has 1 fully saturated rings. The van der Waals surface area contributed by atoms with Crippen LogP contribution in [0.3, 0.4) is 0 Å². The maximum atomic E-state index is 5.50. The fourth-order valence-corrected chi connectivity index (χ4v) is 3.15. The largest absolute Gasteiger partial charge is 0.468 e. The maximum absolute atomic E-state index is 5.50. The third-order valence-corrected chi connectivity index (χ3v) is 4.08. The summed E-state index contributed by atoms with van der Waals surface area (Å²) in [6.45, 7) is 4.98. The number of nitrogens with zero attached hydrogens (tertiary/aromatic N) is 3. The van der Waals surface area contributed by atoms with Gasteiger partial charge in [-0.1, -0.05) is 0 Å². The van der Waals surface area contributed by atoms with Crippen molar-refractivity contribution in [2.24, 2.45) is 0 Å². The summed E-state index contributed by atoms with van der Waals surface area (Å²) < 4.78 is 16.5. The maximum Gasteiger partial charge on any atom is 0.117 e. The van der Waals surface area contributed by atoms with Crippen LogP contribution in [0.15, 0.2) is 68.4 Å². The van der Waals surface area contributed by atoms with E-state index in [1.165, 1.54) is 0 Å². The number of rotatable bonds is 6. The van der Waals surface area contributed by atoms with Crippen LogP contribution in [0.2, 0.25) is 0 Å². The smallest absolute Gasteiger partial charge is 0.117 e. The van der Waals surface area contributed by atoms with Gasteiger partial charge < -0.3 is 13.3 Å². The highest BCUT2D eigenvalue weighted by Gasteiger charge is 2.25. The van der Waals surface area contributed by atoms with Crippen LogP contribution < -0.4 is 0 Å². The Hall–Kier alpha value is -2.28. The normalized spacial score (nSPS) is 17.5. The summed E-state index contributed by atoms with van der Waals surface area (Å²) >= 11 is 0. The first-order chi connectivity index (χ1) is 11.8. The fraction of sp³-hybridized carbons (Fsp3) is 0.333. The Morgan fingerprint density at radius 1 is 0.583 bits per heavy atom. The van der Waals surface area contributed by atoms with Gasteiger partial charge in [0.05, 0.1) is 58.4 Å². The summed E-state index contributed by atoms with van der Waals surface area (Å²) in [6, 6.07) is 11.8. The van der Waals surface area contributed by atoms with E-state index in [-0.39, 0.29) is 0 Å². The molecule has 0 N–H and O–H groups in total. The first-order valence-electron chi connectivity index (χ1n) is 8.09. The molecule has 0 amide bonds. The lowest BCUT2D eigenvalue weighted by Gasteiger charge is -2.41. The minimum Gasteiger partial charge on any atom is -0.468 e. The molecule has 126 valence electrons. The minimum atomic E-state index is 0.788. The second-order valence-electron chi connectivity index (χ2n) is 6.15. The van der Waals surface area contributed by atoms with Crippen LogP contribution in [0.25, 0.3) is 0 Å². The lowest BCUT2D eigenvalue weighted by molar-refractivity contribution is -0.0492. The average molecular weight is 327 g/mol. The summed E-state index contributed by atoms with van der Waals surface area (Å²) in [5, 5.41) is 0. The molecule has 4 rings (SSSR count). The van der Waals surface area contributed by atoms with E-state index < -0.39 is 0 Å². The minimum absolute atomic E-state index is 0.788. The van der Waals surface area contributed by atoms with Gasteiger partial charge in [0.15, 0.2) is 0 Å². The Labute approximate surface area is 140 Å². The van der Waals surface area contributed by atoms with Gasteiger partial charge in [-0.3, -0.25) is 14.7 Å². The van der Waals surface area contributed by atoms with Crippen LogP contribution in [-0.2, 0) is 19.6 Å². The molecule has 3 aromatic rings. The van der Waals surface area contributed by atoms with E-state index in [1.807, 2.05) is 36.4 Å². The molecule has 6 nitrogen and oxygen atoms in total. The topological polar surface area (TPSA) is 49.1 Å². The van der Waals surface area contributed by atoms with Gasteiger partial charge in [-0.2, -0.15) is 0 Å². The molecule has 0 bridgehead atoms. The van der Waals surface area contributed by atoms with Crippen molar-refractivity contribution in [2.75, 3.05) is 20.0 Å². The quantitative estimate of drug-likeness (QED) is 0.693. The van der Waals surface area contributed by atoms with Crippen LogP contribution in [0.4, 0.5) is 0 Å². The van der Waals surface area contributed by atoms with Gasteiger partial charge in [0.1, 0.15) is 17.3 Å². The van der Waals surface area contributed by atoms with E-state index in [4.69, 9.17) is 13.3 Å². The van der Waals surface area contributed by atoms with Crippen LogP contribution in [-0.4, -0.2) is 34.7 Å². The monoisotopic (exact) mass is 327 g/mol. The molecule has 0 aromatic carbocycles. The van der Waals surface area contributed by atoms with Crippen molar-refractivity contribution >= 4 is 0 Å². The first kappa shape index (κ1) is 15.3. The second-order valence-corrected chi connectivity index (χ2v) is 6.15. The number of furan rings is 3. The molecule has 3 aromatic heterocycles. The van der Waals surface area contributed by atoms with Crippen molar-refractivity contribution in [3.05, 3.63) is 72.5 Å². The first-order valence-corrected chi connectivity index (χ1v) is 8.09. The van der Waals surface area contributed by atoms with Gasteiger partial charge in [-0.25, -0.2) is 0 Å². The number of hydrogen-bond acceptors (Lipinski definition) is 6. The Morgan fingerprint density at radius 2 is 0.917 bits per heavy atom. The third kappa shape index (κ3) is 3.79. The Kier molecular flexibility index (Phi) is 4.51. The van der Waals surface area contributed by atoms with Crippen molar-refractivity contribution in [2.45, 2.75) is 19.6 Å². The van der Waals surface area contributed by atoms with E-state index in [0.717, 1.165) is 56.9 Å². The summed E-state index contributed by atoms with van der Waals surface area (Å²) in [5.41, 5.74) is 0. The molecule has 0 saturated carbocycles. The van der Waals surface area contributed by atoms with E-state index in [2.05, 4.69) is 14.7 Å². The lowest BCUT2D eigenvalue weighted by Crippen LogP contribution is -2.53. The standard InChI is InChI=1S/C18H21N3O3/c1-4-16(22-7-1)10-19-13-20(11-17-5-2-8-23-17)15-21(14-19)12-18-6-3-9-24-18/h1-9H,10-15H2. The molecule has 0 aliphatic carbocycles. The van der Waals surface area contributed by atoms with Crippen molar-refractivity contribution in [3.63, 3.8) is 0 Å². The molecule has 1 aliphatic heterocycles. The third-order valence-electron chi connectivity index (χ3n) is 4.08. The predicted octanol–water partition coefficient (Wildman–Crippen LogP) is 3.16. The molecule has 0 unspecified atom stereocenters. The van der Waals surface area contributed by atoms with E-state index in [0.29, 0.717) is 0 Å². The zero-order valence-corrected chi connectivity index (χ0v) is 13.5. The Morgan fingerprint density at radius 3 is 1.17 bits per heavy atom. The summed E-state index contributed by atoms with van der Waals surface area (Å²) in [7, 11) is 0. The van der Waals surface area contributed by atoms with Crippen LogP contribution >= 0.6 is 0 Å². The van der Waals surface area contributed by atoms with Crippen molar-refractivity contribution in [1.29, 1.82) is 0 Å². The molecule has 1 aliphatic rings. The number of hydrogen-bond donors (Lipinski definition) is 0. The summed E-state index contributed by atoms with van der Waals surface area (Å²) in [6.07, 6.45) is 5.17. The van der Waals surface area contributed by atoms with E-state index >= 15 is 0 Å². The molecular formula is C18H21N3O3. The predicted molar refractivity (Wildman–Crippen MR) is 87.4 cm³/mol. The molecule has 1 saturated heterocycles.